The van der Waals surface area contributed by atoms with Crippen LogP contribution in [0, 0.1) is 6.92 Å². The molecule has 0 aliphatic heterocycles. The Balaban J connectivity index is 0.000000640. The van der Waals surface area contributed by atoms with Crippen molar-refractivity contribution in [2.24, 2.45) is 0 Å². The molecule has 0 heterocycles. The first kappa shape index (κ1) is 8.63. The molecule has 0 bridgehead atoms. The van der Waals surface area contributed by atoms with Crippen LogP contribution < -0.4 is 0 Å². The van der Waals surface area contributed by atoms with E-state index in [1.807, 2.05) is 0 Å². The fourth-order valence-electron chi connectivity index (χ4n) is 0.496. The maximum atomic E-state index is 8.73. The molecule has 0 radical (unpaired) electrons. The van der Waals surface area contributed by atoms with Crippen molar-refractivity contribution in [3.63, 3.8) is 0 Å². The Morgan fingerprint density at radius 1 is 1.11 bits per heavy atom. The zero-order valence-corrected chi connectivity index (χ0v) is 6.93. The molecule has 52 valence electrons. The van der Waals surface area contributed by atoms with Crippen LogP contribution in [0.15, 0.2) is 24.3 Å². The van der Waals surface area contributed by atoms with Crippen LogP contribution in [0.1, 0.15) is 5.56 Å². The Hall–Kier alpha value is -0.370. The van der Waals surface area contributed by atoms with E-state index in [1.165, 1.54) is 0 Å². The van der Waals surface area contributed by atoms with E-state index in [4.69, 9.17) is 5.11 Å². The number of benzene rings is 1. The third-order valence-corrected chi connectivity index (χ3v) is 0.936. The van der Waals surface area contributed by atoms with Gasteiger partial charge in [-0.15, -0.1) is 0 Å². The van der Waals surface area contributed by atoms with E-state index in [-0.39, 0.29) is 28.1 Å². The van der Waals surface area contributed by atoms with Crippen LogP contribution in [0.4, 0.5) is 0 Å². The smallest absolute Gasteiger partial charge is 0.510 e. The fraction of sp³-hybridized carbons (Fsp3) is 0. The van der Waals surface area contributed by atoms with Gasteiger partial charge >= 0.3 is 22.4 Å². The minimum Gasteiger partial charge on any atom is -0.510 e. The SMILES string of the molecule is [Au+].[CH2-]c1ccc(O)cc1. The Bertz CT molecular complexity index is 148. The zero-order valence-electron chi connectivity index (χ0n) is 4.77. The molecular weight excluding hydrogens is 297 g/mol. The predicted octanol–water partition coefficient (Wildman–Crippen LogP) is 1.57. The first-order chi connectivity index (χ1) is 3.79. The van der Waals surface area contributed by atoms with Gasteiger partial charge in [0.2, 0.25) is 0 Å². The van der Waals surface area contributed by atoms with Crippen LogP contribution >= 0.6 is 0 Å². The molecule has 1 aromatic rings. The van der Waals surface area contributed by atoms with Crippen molar-refractivity contribution >= 4 is 0 Å². The summed E-state index contributed by atoms with van der Waals surface area (Å²) < 4.78 is 0. The number of hydrogen-bond acceptors (Lipinski definition) is 1. The van der Waals surface area contributed by atoms with Crippen LogP contribution in [0.2, 0.25) is 0 Å². The molecule has 1 aromatic carbocycles. The van der Waals surface area contributed by atoms with Gasteiger partial charge in [0, 0.05) is 0 Å². The third kappa shape index (κ3) is 2.61. The Labute approximate surface area is 70.2 Å². The van der Waals surface area contributed by atoms with E-state index in [1.54, 1.807) is 24.3 Å². The van der Waals surface area contributed by atoms with E-state index in [9.17, 15) is 0 Å². The molecule has 0 amide bonds. The van der Waals surface area contributed by atoms with E-state index in [0.717, 1.165) is 5.56 Å². The Morgan fingerprint density at radius 3 is 1.89 bits per heavy atom. The molecule has 0 aliphatic carbocycles. The van der Waals surface area contributed by atoms with Crippen LogP contribution in [-0.2, 0) is 22.4 Å². The summed E-state index contributed by atoms with van der Waals surface area (Å²) in [5, 5.41) is 8.73. The fourth-order valence-corrected chi connectivity index (χ4v) is 0.496. The van der Waals surface area contributed by atoms with Crippen molar-refractivity contribution in [3.8, 4) is 5.75 Å². The van der Waals surface area contributed by atoms with Crippen LogP contribution in [-0.4, -0.2) is 5.11 Å². The molecule has 1 N–H and O–H groups in total. The van der Waals surface area contributed by atoms with E-state index >= 15 is 0 Å². The summed E-state index contributed by atoms with van der Waals surface area (Å²) in [6.07, 6.45) is 0. The van der Waals surface area contributed by atoms with Gasteiger partial charge in [-0.25, -0.2) is 0 Å². The predicted molar refractivity (Wildman–Crippen MR) is 32.6 cm³/mol. The van der Waals surface area contributed by atoms with Crippen LogP contribution in [0.25, 0.3) is 0 Å². The first-order valence-corrected chi connectivity index (χ1v) is 2.40. The quantitative estimate of drug-likeness (QED) is 0.570. The van der Waals surface area contributed by atoms with Crippen molar-refractivity contribution in [1.82, 2.24) is 0 Å². The maximum absolute atomic E-state index is 8.73. The summed E-state index contributed by atoms with van der Waals surface area (Å²) >= 11 is 0. The minimum absolute atomic E-state index is 0. The Kier molecular flexibility index (Phi) is 3.47. The Morgan fingerprint density at radius 2 is 1.56 bits per heavy atom. The summed E-state index contributed by atoms with van der Waals surface area (Å²) in [6, 6.07) is 6.75. The molecule has 0 atom stereocenters. The number of phenolic OH excluding ortho intramolecular Hbond substituents is 1. The van der Waals surface area contributed by atoms with Crippen LogP contribution in [0.3, 0.4) is 0 Å². The maximum Gasteiger partial charge on any atom is 1.00 e. The van der Waals surface area contributed by atoms with Gasteiger partial charge in [-0.2, -0.15) is 24.6 Å². The summed E-state index contributed by atoms with van der Waals surface area (Å²) in [6.45, 7) is 3.65. The van der Waals surface area contributed by atoms with Gasteiger partial charge < -0.3 is 5.11 Å². The largest absolute Gasteiger partial charge is 1.00 e. The molecule has 9 heavy (non-hydrogen) atoms. The van der Waals surface area contributed by atoms with Crippen molar-refractivity contribution in [2.45, 2.75) is 0 Å². The monoisotopic (exact) mass is 304 g/mol. The number of hydrogen-bond donors (Lipinski definition) is 1. The summed E-state index contributed by atoms with van der Waals surface area (Å²) in [4.78, 5) is 0. The number of rotatable bonds is 0. The van der Waals surface area contributed by atoms with Crippen molar-refractivity contribution in [3.05, 3.63) is 36.8 Å². The molecule has 1 nitrogen and oxygen atoms in total. The van der Waals surface area contributed by atoms with Gasteiger partial charge in [-0.3, -0.25) is 0 Å². The van der Waals surface area contributed by atoms with Gasteiger partial charge in [0.25, 0.3) is 0 Å². The summed E-state index contributed by atoms with van der Waals surface area (Å²) in [5.41, 5.74) is 0.919. The van der Waals surface area contributed by atoms with Crippen molar-refractivity contribution < 1.29 is 27.5 Å². The second kappa shape index (κ2) is 3.62. The molecule has 2 heteroatoms. The van der Waals surface area contributed by atoms with Gasteiger partial charge in [0.05, 0.1) is 5.75 Å². The molecule has 0 saturated carbocycles. The van der Waals surface area contributed by atoms with E-state index in [2.05, 4.69) is 6.92 Å². The van der Waals surface area contributed by atoms with E-state index in [0.29, 0.717) is 0 Å². The average molecular weight is 304 g/mol. The molecule has 1 rings (SSSR count). The first-order valence-electron chi connectivity index (χ1n) is 2.40. The second-order valence-electron chi connectivity index (χ2n) is 1.67. The minimum atomic E-state index is 0. The van der Waals surface area contributed by atoms with Gasteiger partial charge in [0.15, 0.2) is 0 Å². The molecule has 0 spiro atoms. The van der Waals surface area contributed by atoms with Gasteiger partial charge in [-0.1, -0.05) is 12.1 Å². The molecule has 0 unspecified atom stereocenters. The zero-order chi connectivity index (χ0) is 5.98. The number of phenols is 1. The van der Waals surface area contributed by atoms with Gasteiger partial charge in [-0.05, 0) is 0 Å². The average Bonchev–Trinajstić information content (AvgIpc) is 1.77. The molecule has 0 fully saturated rings. The third-order valence-electron chi connectivity index (χ3n) is 0.936. The van der Waals surface area contributed by atoms with Crippen molar-refractivity contribution in [2.75, 3.05) is 0 Å². The molecule has 0 aromatic heterocycles. The van der Waals surface area contributed by atoms with Crippen LogP contribution in [0.5, 0.6) is 5.75 Å². The molecule has 0 aliphatic rings. The normalized spacial score (nSPS) is 8.00. The molecular formula is C7H7AuO. The van der Waals surface area contributed by atoms with Gasteiger partial charge in [0.1, 0.15) is 0 Å². The topological polar surface area (TPSA) is 20.2 Å². The summed E-state index contributed by atoms with van der Waals surface area (Å²) in [7, 11) is 0. The standard InChI is InChI=1S/C7H7O.Au/c1-6-2-4-7(8)5-3-6;/h2-5,8H,1H2;/q-1;+1. The van der Waals surface area contributed by atoms with Crippen molar-refractivity contribution in [1.29, 1.82) is 0 Å². The second-order valence-corrected chi connectivity index (χ2v) is 1.67. The summed E-state index contributed by atoms with van der Waals surface area (Å²) in [5.74, 6) is 0.289. The number of aromatic hydroxyl groups is 1. The molecule has 0 saturated heterocycles. The van der Waals surface area contributed by atoms with E-state index < -0.39 is 0 Å².